The average molecular weight is 442 g/mol. The van der Waals surface area contributed by atoms with Crippen LogP contribution >= 0.6 is 0 Å². The summed E-state index contributed by atoms with van der Waals surface area (Å²) < 4.78 is 19.3. The topological polar surface area (TPSA) is 82.1 Å². The minimum absolute atomic E-state index is 0.0597. The summed E-state index contributed by atoms with van der Waals surface area (Å²) in [6.07, 6.45) is 0.989. The Morgan fingerprint density at radius 1 is 0.969 bits per heavy atom. The van der Waals surface area contributed by atoms with Gasteiger partial charge >= 0.3 is 0 Å². The monoisotopic (exact) mass is 441 g/mol. The van der Waals surface area contributed by atoms with Crippen LogP contribution in [0.15, 0.2) is 54.6 Å². The molecule has 8 heteroatoms. The highest BCUT2D eigenvalue weighted by Crippen LogP contribution is 2.34. The lowest BCUT2D eigenvalue weighted by atomic mass is 9.76. The van der Waals surface area contributed by atoms with Crippen LogP contribution in [0, 0.1) is 17.7 Å². The number of amides is 2. The molecule has 0 bridgehead atoms. The molecule has 0 unspecified atom stereocenters. The third kappa shape index (κ3) is 5.02. The lowest BCUT2D eigenvalue weighted by Gasteiger charge is -2.40. The predicted octanol–water partition coefficient (Wildman–Crippen LogP) is 2.84. The van der Waals surface area contributed by atoms with Crippen molar-refractivity contribution in [3.05, 3.63) is 60.4 Å². The maximum Gasteiger partial charge on any atom is 0.247 e. The zero-order chi connectivity index (χ0) is 22.5. The molecule has 170 valence electrons. The highest BCUT2D eigenvalue weighted by Gasteiger charge is 2.42. The van der Waals surface area contributed by atoms with Crippen molar-refractivity contribution in [2.45, 2.75) is 25.4 Å². The number of carbonyl (C=O) groups is 2. The minimum atomic E-state index is -0.702. The number of rotatable bonds is 5. The van der Waals surface area contributed by atoms with E-state index in [4.69, 9.17) is 4.74 Å². The molecule has 0 spiro atoms. The molecule has 0 aromatic heterocycles. The van der Waals surface area contributed by atoms with Gasteiger partial charge in [-0.25, -0.2) is 9.87 Å². The third-order valence-corrected chi connectivity index (χ3v) is 6.38. The van der Waals surface area contributed by atoms with Gasteiger partial charge in [-0.15, -0.1) is 0 Å². The van der Waals surface area contributed by atoms with Crippen LogP contribution in [0.2, 0.25) is 0 Å². The Morgan fingerprint density at radius 3 is 2.41 bits per heavy atom. The van der Waals surface area contributed by atoms with Crippen LogP contribution in [0.4, 0.5) is 10.1 Å². The minimum Gasteiger partial charge on any atom is -0.490 e. The van der Waals surface area contributed by atoms with E-state index in [1.807, 2.05) is 23.1 Å². The second-order valence-corrected chi connectivity index (χ2v) is 8.35. The van der Waals surface area contributed by atoms with Crippen molar-refractivity contribution < 1.29 is 23.9 Å². The molecule has 2 aromatic rings. The number of hydrogen-bond donors (Lipinski definition) is 2. The van der Waals surface area contributed by atoms with Crippen LogP contribution in [-0.2, 0) is 9.59 Å². The normalized spacial score (nSPS) is 23.5. The summed E-state index contributed by atoms with van der Waals surface area (Å²) in [4.78, 5) is 29.7. The zero-order valence-corrected chi connectivity index (χ0v) is 17.8. The van der Waals surface area contributed by atoms with Gasteiger partial charge in [-0.2, -0.15) is 0 Å². The molecule has 1 aliphatic carbocycles. The van der Waals surface area contributed by atoms with E-state index in [0.29, 0.717) is 31.7 Å². The fourth-order valence-corrected chi connectivity index (χ4v) is 4.70. The smallest absolute Gasteiger partial charge is 0.247 e. The van der Waals surface area contributed by atoms with Crippen molar-refractivity contribution in [2.24, 2.45) is 11.8 Å². The van der Waals surface area contributed by atoms with Crippen LogP contribution in [0.3, 0.4) is 0 Å². The second-order valence-electron chi connectivity index (χ2n) is 8.35. The summed E-state index contributed by atoms with van der Waals surface area (Å²) >= 11 is 0. The number of carbonyl (C=O) groups excluding carboxylic acids is 2. The van der Waals surface area contributed by atoms with Crippen LogP contribution in [0.25, 0.3) is 0 Å². The van der Waals surface area contributed by atoms with Crippen molar-refractivity contribution in [3.8, 4) is 5.75 Å². The molecule has 1 saturated carbocycles. The fraction of sp³-hybridized carbons (Fsp3) is 0.417. The number of hydrogen-bond acceptors (Lipinski definition) is 5. The van der Waals surface area contributed by atoms with E-state index in [0.717, 1.165) is 18.8 Å². The van der Waals surface area contributed by atoms with E-state index in [9.17, 15) is 19.2 Å². The van der Waals surface area contributed by atoms with Crippen molar-refractivity contribution in [2.75, 3.05) is 31.1 Å². The van der Waals surface area contributed by atoms with Gasteiger partial charge in [0.1, 0.15) is 11.6 Å². The molecular formula is C24H28FN3O4. The number of halogens is 1. The van der Waals surface area contributed by atoms with E-state index in [1.165, 1.54) is 12.1 Å². The second kappa shape index (κ2) is 9.99. The molecule has 3 atom stereocenters. The first-order valence-corrected chi connectivity index (χ1v) is 11.0. The van der Waals surface area contributed by atoms with Crippen LogP contribution in [0.1, 0.15) is 19.3 Å². The number of anilines is 1. The van der Waals surface area contributed by atoms with Crippen LogP contribution in [-0.4, -0.2) is 54.2 Å². The Morgan fingerprint density at radius 2 is 1.72 bits per heavy atom. The molecule has 1 heterocycles. The summed E-state index contributed by atoms with van der Waals surface area (Å²) in [6, 6.07) is 15.9. The van der Waals surface area contributed by atoms with Gasteiger partial charge in [0, 0.05) is 37.9 Å². The van der Waals surface area contributed by atoms with Gasteiger partial charge in [-0.3, -0.25) is 14.8 Å². The quantitative estimate of drug-likeness (QED) is 0.551. The number of ether oxygens (including phenoxy) is 1. The van der Waals surface area contributed by atoms with E-state index >= 15 is 0 Å². The summed E-state index contributed by atoms with van der Waals surface area (Å²) in [5, 5.41) is 9.25. The van der Waals surface area contributed by atoms with E-state index in [-0.39, 0.29) is 18.4 Å². The van der Waals surface area contributed by atoms with Crippen molar-refractivity contribution in [3.63, 3.8) is 0 Å². The molecule has 2 aliphatic rings. The molecule has 2 fully saturated rings. The predicted molar refractivity (Wildman–Crippen MR) is 117 cm³/mol. The molecular weight excluding hydrogens is 413 g/mol. The molecule has 2 aromatic carbocycles. The first-order valence-electron chi connectivity index (χ1n) is 11.0. The Balaban J connectivity index is 1.39. The molecule has 2 N–H and O–H groups in total. The summed E-state index contributed by atoms with van der Waals surface area (Å²) in [7, 11) is 0. The molecule has 32 heavy (non-hydrogen) atoms. The fourth-order valence-electron chi connectivity index (χ4n) is 4.70. The summed E-state index contributed by atoms with van der Waals surface area (Å²) in [5.74, 6) is -1.87. The Hall–Kier alpha value is -3.13. The first-order chi connectivity index (χ1) is 15.5. The van der Waals surface area contributed by atoms with Gasteiger partial charge in [0.05, 0.1) is 17.9 Å². The largest absolute Gasteiger partial charge is 0.490 e. The zero-order valence-electron chi connectivity index (χ0n) is 17.8. The molecule has 0 radical (unpaired) electrons. The SMILES string of the molecule is O=C(NO)[C@@H]1C[C@H](Oc2cccc(F)c2)CC[C@H]1C(=O)N1CCN(c2ccccc2)CC1. The Bertz CT molecular complexity index is 934. The maximum absolute atomic E-state index is 13.5. The van der Waals surface area contributed by atoms with Gasteiger partial charge in [0.15, 0.2) is 0 Å². The molecule has 1 saturated heterocycles. The van der Waals surface area contributed by atoms with Gasteiger partial charge in [-0.05, 0) is 43.5 Å². The first kappa shape index (κ1) is 22.1. The standard InChI is InChI=1S/C24H28FN3O4/c25-17-5-4-8-19(15-17)32-20-9-10-21(22(16-20)23(29)26-31)24(30)28-13-11-27(12-14-28)18-6-2-1-3-7-18/h1-8,15,20-22,31H,9-14,16H2,(H,26,29)/t20-,21-,22-/m1/s1. The number of piperazine rings is 1. The lowest BCUT2D eigenvalue weighted by Crippen LogP contribution is -2.53. The van der Waals surface area contributed by atoms with Crippen LogP contribution in [0.5, 0.6) is 5.75 Å². The van der Waals surface area contributed by atoms with E-state index in [1.54, 1.807) is 17.6 Å². The van der Waals surface area contributed by atoms with Crippen molar-refractivity contribution in [1.82, 2.24) is 10.4 Å². The number of nitrogens with zero attached hydrogens (tertiary/aromatic N) is 2. The Labute approximate surface area is 186 Å². The number of hydroxylamine groups is 1. The molecule has 2 amide bonds. The third-order valence-electron chi connectivity index (χ3n) is 6.38. The number of benzene rings is 2. The molecule has 4 rings (SSSR count). The van der Waals surface area contributed by atoms with E-state index < -0.39 is 23.6 Å². The van der Waals surface area contributed by atoms with E-state index in [2.05, 4.69) is 17.0 Å². The molecule has 7 nitrogen and oxygen atoms in total. The van der Waals surface area contributed by atoms with Crippen molar-refractivity contribution >= 4 is 17.5 Å². The lowest BCUT2D eigenvalue weighted by molar-refractivity contribution is -0.148. The van der Waals surface area contributed by atoms with Gasteiger partial charge < -0.3 is 14.5 Å². The maximum atomic E-state index is 13.5. The average Bonchev–Trinajstić information content (AvgIpc) is 2.84. The van der Waals surface area contributed by atoms with Gasteiger partial charge in [-0.1, -0.05) is 24.3 Å². The highest BCUT2D eigenvalue weighted by atomic mass is 19.1. The van der Waals surface area contributed by atoms with Crippen molar-refractivity contribution in [1.29, 1.82) is 0 Å². The highest BCUT2D eigenvalue weighted by molar-refractivity contribution is 5.87. The number of para-hydroxylation sites is 1. The Kier molecular flexibility index (Phi) is 6.90. The van der Waals surface area contributed by atoms with Crippen LogP contribution < -0.4 is 15.1 Å². The van der Waals surface area contributed by atoms with Gasteiger partial charge in [0.2, 0.25) is 11.8 Å². The number of nitrogens with one attached hydrogen (secondary N) is 1. The van der Waals surface area contributed by atoms with Gasteiger partial charge in [0.25, 0.3) is 0 Å². The molecule has 1 aliphatic heterocycles. The summed E-state index contributed by atoms with van der Waals surface area (Å²) in [5.41, 5.74) is 2.84. The summed E-state index contributed by atoms with van der Waals surface area (Å²) in [6.45, 7) is 2.62.